The largest absolute Gasteiger partial charge is 0.397 e. The molecule has 0 bridgehead atoms. The standard InChI is InChI=1S/C22H15FN8S/c1-10-2-3-16(32-10)13-7-26-8-15-20(13)29-22(28-15)21-17-14(30-31-21)9-27-19(18(17)23)11-4-12(24)6-25-5-11/h2-9H,24H2,1H3,(H,28,29)(H,30,31). The Kier molecular flexibility index (Phi) is 4.02. The molecule has 0 saturated carbocycles. The molecule has 0 aliphatic rings. The predicted molar refractivity (Wildman–Crippen MR) is 122 cm³/mol. The van der Waals surface area contributed by atoms with Crippen LogP contribution in [0.25, 0.3) is 55.2 Å². The molecule has 4 N–H and O–H groups in total. The van der Waals surface area contributed by atoms with Gasteiger partial charge in [-0.3, -0.25) is 20.1 Å². The minimum atomic E-state index is -0.522. The first-order chi connectivity index (χ1) is 15.6. The number of fused-ring (bicyclic) bond motifs is 2. The topological polar surface area (TPSA) is 122 Å². The number of nitrogens with one attached hydrogen (secondary N) is 2. The van der Waals surface area contributed by atoms with Crippen LogP contribution in [0.3, 0.4) is 0 Å². The summed E-state index contributed by atoms with van der Waals surface area (Å²) < 4.78 is 15.6. The smallest absolute Gasteiger partial charge is 0.161 e. The lowest BCUT2D eigenvalue weighted by molar-refractivity contribution is 0.638. The second-order valence-electron chi connectivity index (χ2n) is 7.37. The van der Waals surface area contributed by atoms with E-state index in [1.165, 1.54) is 23.5 Å². The van der Waals surface area contributed by atoms with Crippen molar-refractivity contribution in [1.29, 1.82) is 0 Å². The van der Waals surface area contributed by atoms with E-state index in [9.17, 15) is 0 Å². The van der Waals surface area contributed by atoms with Gasteiger partial charge in [0.2, 0.25) is 0 Å². The quantitative estimate of drug-likeness (QED) is 0.365. The molecule has 156 valence electrons. The lowest BCUT2D eigenvalue weighted by Gasteiger charge is -2.04. The molecule has 0 unspecified atom stereocenters. The van der Waals surface area contributed by atoms with Gasteiger partial charge in [-0.2, -0.15) is 5.10 Å². The molecule has 32 heavy (non-hydrogen) atoms. The van der Waals surface area contributed by atoms with E-state index in [0.717, 1.165) is 21.5 Å². The SMILES string of the molecule is Cc1ccc(-c2cncc3[nH]c(-c4n[nH]c5cnc(-c6cncc(N)c6)c(F)c45)nc23)s1. The van der Waals surface area contributed by atoms with Crippen molar-refractivity contribution in [2.45, 2.75) is 6.92 Å². The van der Waals surface area contributed by atoms with Gasteiger partial charge >= 0.3 is 0 Å². The van der Waals surface area contributed by atoms with Crippen LogP contribution in [0.5, 0.6) is 0 Å². The van der Waals surface area contributed by atoms with Gasteiger partial charge in [0.05, 0.1) is 34.5 Å². The number of hydrogen-bond donors (Lipinski definition) is 3. The molecule has 6 rings (SSSR count). The van der Waals surface area contributed by atoms with E-state index in [2.05, 4.69) is 43.1 Å². The highest BCUT2D eigenvalue weighted by Gasteiger charge is 2.21. The third-order valence-corrected chi connectivity index (χ3v) is 6.24. The minimum Gasteiger partial charge on any atom is -0.397 e. The summed E-state index contributed by atoms with van der Waals surface area (Å²) in [5.41, 5.74) is 10.1. The third kappa shape index (κ3) is 2.84. The first kappa shape index (κ1) is 18.6. The normalized spacial score (nSPS) is 11.6. The minimum absolute atomic E-state index is 0.146. The number of thiophene rings is 1. The number of pyridine rings is 3. The van der Waals surface area contributed by atoms with E-state index in [1.54, 1.807) is 29.8 Å². The van der Waals surface area contributed by atoms with Crippen LogP contribution in [0.15, 0.2) is 49.2 Å². The maximum Gasteiger partial charge on any atom is 0.161 e. The van der Waals surface area contributed by atoms with Crippen molar-refractivity contribution >= 4 is 39.0 Å². The van der Waals surface area contributed by atoms with E-state index in [4.69, 9.17) is 10.7 Å². The highest BCUT2D eigenvalue weighted by Crippen LogP contribution is 2.35. The van der Waals surface area contributed by atoms with Crippen molar-refractivity contribution in [1.82, 2.24) is 35.1 Å². The van der Waals surface area contributed by atoms with Gasteiger partial charge in [0.25, 0.3) is 0 Å². The van der Waals surface area contributed by atoms with Gasteiger partial charge in [-0.25, -0.2) is 9.37 Å². The number of aromatic amines is 2. The number of nitrogens with zero attached hydrogens (tertiary/aromatic N) is 5. The molecule has 0 aliphatic heterocycles. The number of imidazole rings is 1. The fourth-order valence-electron chi connectivity index (χ4n) is 3.74. The maximum atomic E-state index is 15.6. The first-order valence-electron chi connectivity index (χ1n) is 9.73. The Morgan fingerprint density at radius 2 is 1.88 bits per heavy atom. The molecule has 0 aromatic carbocycles. The fraction of sp³-hybridized carbons (Fsp3) is 0.0455. The number of nitrogen functional groups attached to an aromatic ring is 1. The summed E-state index contributed by atoms with van der Waals surface area (Å²) in [6, 6.07) is 5.74. The highest BCUT2D eigenvalue weighted by molar-refractivity contribution is 7.15. The van der Waals surface area contributed by atoms with E-state index < -0.39 is 5.82 Å². The van der Waals surface area contributed by atoms with Crippen LogP contribution < -0.4 is 5.73 Å². The van der Waals surface area contributed by atoms with Crippen LogP contribution in [-0.4, -0.2) is 35.1 Å². The molecule has 0 aliphatic carbocycles. The third-order valence-electron chi connectivity index (χ3n) is 5.20. The average Bonchev–Trinajstić information content (AvgIpc) is 3.51. The van der Waals surface area contributed by atoms with E-state index in [0.29, 0.717) is 28.3 Å². The highest BCUT2D eigenvalue weighted by atomic mass is 32.1. The zero-order valence-corrected chi connectivity index (χ0v) is 17.5. The maximum absolute atomic E-state index is 15.6. The van der Waals surface area contributed by atoms with E-state index >= 15 is 4.39 Å². The molecule has 0 atom stereocenters. The monoisotopic (exact) mass is 442 g/mol. The molecule has 10 heteroatoms. The Bertz CT molecular complexity index is 1630. The predicted octanol–water partition coefficient (Wildman–Crippen LogP) is 4.72. The number of aryl methyl sites for hydroxylation is 1. The lowest BCUT2D eigenvalue weighted by Crippen LogP contribution is -1.94. The molecule has 0 saturated heterocycles. The number of halogens is 1. The molecule has 0 fully saturated rings. The van der Waals surface area contributed by atoms with Gasteiger partial charge in [0, 0.05) is 39.5 Å². The van der Waals surface area contributed by atoms with Crippen LogP contribution in [0.1, 0.15) is 4.88 Å². The Morgan fingerprint density at radius 1 is 1.00 bits per heavy atom. The van der Waals surface area contributed by atoms with Gasteiger partial charge in [0.1, 0.15) is 16.9 Å². The van der Waals surface area contributed by atoms with Gasteiger partial charge in [-0.1, -0.05) is 0 Å². The van der Waals surface area contributed by atoms with Crippen LogP contribution in [0.2, 0.25) is 0 Å². The number of rotatable bonds is 3. The van der Waals surface area contributed by atoms with Crippen LogP contribution in [0.4, 0.5) is 10.1 Å². The van der Waals surface area contributed by atoms with E-state index in [1.807, 2.05) is 6.07 Å². The van der Waals surface area contributed by atoms with Gasteiger partial charge in [0.15, 0.2) is 11.6 Å². The van der Waals surface area contributed by atoms with Crippen LogP contribution in [0, 0.1) is 12.7 Å². The van der Waals surface area contributed by atoms with Crippen molar-refractivity contribution < 1.29 is 4.39 Å². The van der Waals surface area contributed by atoms with E-state index in [-0.39, 0.29) is 11.1 Å². The fourth-order valence-corrected chi connectivity index (χ4v) is 4.62. The second-order valence-corrected chi connectivity index (χ2v) is 8.66. The summed E-state index contributed by atoms with van der Waals surface area (Å²) >= 11 is 1.67. The van der Waals surface area contributed by atoms with Crippen molar-refractivity contribution in [3.63, 3.8) is 0 Å². The van der Waals surface area contributed by atoms with Gasteiger partial charge < -0.3 is 10.7 Å². The molecule has 6 aromatic rings. The Hall–Kier alpha value is -4.18. The Morgan fingerprint density at radius 3 is 2.69 bits per heavy atom. The molecule has 6 aromatic heterocycles. The summed E-state index contributed by atoms with van der Waals surface area (Å²) in [6.07, 6.45) is 8.05. The molecule has 0 radical (unpaired) electrons. The molecular weight excluding hydrogens is 427 g/mol. The summed E-state index contributed by atoms with van der Waals surface area (Å²) in [7, 11) is 0. The lowest BCUT2D eigenvalue weighted by atomic mass is 10.1. The number of hydrogen-bond acceptors (Lipinski definition) is 7. The number of aromatic nitrogens is 7. The summed E-state index contributed by atoms with van der Waals surface area (Å²) in [5.74, 6) is -0.0816. The molecule has 0 amide bonds. The van der Waals surface area contributed by atoms with Crippen molar-refractivity contribution in [3.8, 4) is 33.2 Å². The summed E-state index contributed by atoms with van der Waals surface area (Å²) in [5, 5.41) is 7.46. The Labute approximate surface area is 184 Å². The number of anilines is 1. The number of H-pyrrole nitrogens is 2. The first-order valence-corrected chi connectivity index (χ1v) is 10.5. The van der Waals surface area contributed by atoms with Crippen molar-refractivity contribution in [2.75, 3.05) is 5.73 Å². The number of nitrogens with two attached hydrogens (primary N) is 1. The van der Waals surface area contributed by atoms with Gasteiger partial charge in [-0.15, -0.1) is 11.3 Å². The Balaban J connectivity index is 1.55. The van der Waals surface area contributed by atoms with Gasteiger partial charge in [-0.05, 0) is 25.1 Å². The van der Waals surface area contributed by atoms with Crippen molar-refractivity contribution in [2.24, 2.45) is 0 Å². The average molecular weight is 442 g/mol. The summed E-state index contributed by atoms with van der Waals surface area (Å²) in [4.78, 5) is 22.9. The molecular formula is C22H15FN8S. The zero-order chi connectivity index (χ0) is 21.8. The van der Waals surface area contributed by atoms with Crippen molar-refractivity contribution in [3.05, 3.63) is 59.9 Å². The van der Waals surface area contributed by atoms with Crippen LogP contribution in [-0.2, 0) is 0 Å². The zero-order valence-electron chi connectivity index (χ0n) is 16.7. The molecule has 8 nitrogen and oxygen atoms in total. The van der Waals surface area contributed by atoms with Crippen LogP contribution >= 0.6 is 11.3 Å². The summed E-state index contributed by atoms with van der Waals surface area (Å²) in [6.45, 7) is 2.05. The molecule has 0 spiro atoms. The molecule has 6 heterocycles. The second kappa shape index (κ2) is 6.92.